The van der Waals surface area contributed by atoms with Gasteiger partial charge < -0.3 is 14.3 Å². The molecule has 1 rings (SSSR count). The molecule has 0 aromatic rings. The summed E-state index contributed by atoms with van der Waals surface area (Å²) in [4.78, 5) is 21.6. The van der Waals surface area contributed by atoms with Gasteiger partial charge in [0, 0.05) is 12.0 Å². The van der Waals surface area contributed by atoms with E-state index < -0.39 is 14.3 Å². The number of allylic oxidation sites excluding steroid dienone is 3. The molecule has 1 aliphatic heterocycles. The maximum atomic E-state index is 11.1. The summed E-state index contributed by atoms with van der Waals surface area (Å²) in [6, 6.07) is 0. The third-order valence-corrected chi connectivity index (χ3v) is 10.2. The van der Waals surface area contributed by atoms with Gasteiger partial charge in [-0.1, -0.05) is 45.9 Å². The second-order valence-corrected chi connectivity index (χ2v) is 13.9. The molecule has 1 heterocycles. The standard InChI is InChI=1S/C22H36O5Si/c1-16(15-23)13-19-17(2)20(27-28(6,7)22(3,4)5)14-18(26-19)11-9-8-10-12-21(24)25/h8-10,12-13,15,17-20H,11,14H2,1-7H3,(H,24,25)/b9-8+,12-10+,16-13-/t17-,18-,19+,20-/m0/s1. The molecule has 28 heavy (non-hydrogen) atoms. The predicted octanol–water partition coefficient (Wildman–Crippen LogP) is 4.90. The number of carbonyl (C=O) groups is 2. The van der Waals surface area contributed by atoms with Gasteiger partial charge in [0.25, 0.3) is 0 Å². The minimum atomic E-state index is -1.94. The first-order valence-electron chi connectivity index (χ1n) is 9.90. The van der Waals surface area contributed by atoms with E-state index in [2.05, 4.69) is 40.8 Å². The molecule has 1 aliphatic rings. The van der Waals surface area contributed by atoms with Crippen molar-refractivity contribution in [2.45, 2.75) is 83.9 Å². The average molecular weight is 409 g/mol. The van der Waals surface area contributed by atoms with E-state index in [0.717, 1.165) is 18.8 Å². The highest BCUT2D eigenvalue weighted by molar-refractivity contribution is 6.74. The second kappa shape index (κ2) is 10.3. The Hall–Kier alpha value is -1.50. The molecule has 0 radical (unpaired) electrons. The number of hydrogen-bond donors (Lipinski definition) is 1. The Bertz CT molecular complexity index is 627. The first-order chi connectivity index (χ1) is 12.9. The largest absolute Gasteiger partial charge is 0.478 e. The van der Waals surface area contributed by atoms with Crippen LogP contribution >= 0.6 is 0 Å². The van der Waals surface area contributed by atoms with Gasteiger partial charge in [-0.25, -0.2) is 4.79 Å². The smallest absolute Gasteiger partial charge is 0.328 e. The van der Waals surface area contributed by atoms with Crippen LogP contribution in [-0.4, -0.2) is 44.0 Å². The molecular formula is C22H36O5Si. The third-order valence-electron chi connectivity index (χ3n) is 5.70. The molecule has 0 unspecified atom stereocenters. The first-order valence-corrected chi connectivity index (χ1v) is 12.8. The van der Waals surface area contributed by atoms with Crippen LogP contribution in [0.15, 0.2) is 36.0 Å². The van der Waals surface area contributed by atoms with E-state index in [1.165, 1.54) is 6.08 Å². The Morgan fingerprint density at radius 3 is 2.46 bits per heavy atom. The molecule has 0 bridgehead atoms. The van der Waals surface area contributed by atoms with E-state index in [1.807, 2.05) is 12.2 Å². The lowest BCUT2D eigenvalue weighted by Gasteiger charge is -2.46. The number of aldehydes is 1. The van der Waals surface area contributed by atoms with Crippen molar-refractivity contribution >= 4 is 20.6 Å². The maximum absolute atomic E-state index is 11.1. The monoisotopic (exact) mass is 408 g/mol. The summed E-state index contributed by atoms with van der Waals surface area (Å²) >= 11 is 0. The SMILES string of the molecule is C/C(C=O)=C/[C@H]1O[C@@H](C/C=C/C=C/C(=O)O)C[C@H](O[Si](C)(C)C(C)(C)C)[C@H]1C. The van der Waals surface area contributed by atoms with Gasteiger partial charge in [0.1, 0.15) is 6.29 Å². The fourth-order valence-corrected chi connectivity index (χ4v) is 4.31. The van der Waals surface area contributed by atoms with Gasteiger partial charge in [0.05, 0.1) is 18.3 Å². The molecule has 1 N–H and O–H groups in total. The minimum absolute atomic E-state index is 0.0406. The summed E-state index contributed by atoms with van der Waals surface area (Å²) in [5, 5.41) is 8.77. The van der Waals surface area contributed by atoms with Crippen LogP contribution in [0.25, 0.3) is 0 Å². The molecule has 158 valence electrons. The lowest BCUT2D eigenvalue weighted by atomic mass is 9.88. The van der Waals surface area contributed by atoms with E-state index in [1.54, 1.807) is 13.0 Å². The Labute approximate surface area is 170 Å². The number of carboxylic acids is 1. The van der Waals surface area contributed by atoms with Crippen LogP contribution in [-0.2, 0) is 18.8 Å². The lowest BCUT2D eigenvalue weighted by molar-refractivity contribution is -0.131. The van der Waals surface area contributed by atoms with Crippen molar-refractivity contribution in [2.75, 3.05) is 0 Å². The Morgan fingerprint density at radius 2 is 1.93 bits per heavy atom. The molecule has 5 nitrogen and oxygen atoms in total. The van der Waals surface area contributed by atoms with E-state index in [-0.39, 0.29) is 29.3 Å². The quantitative estimate of drug-likeness (QED) is 0.268. The number of ether oxygens (including phenoxy) is 1. The summed E-state index contributed by atoms with van der Waals surface area (Å²) in [7, 11) is -1.94. The second-order valence-electron chi connectivity index (χ2n) is 9.12. The molecule has 0 aromatic carbocycles. The zero-order valence-corrected chi connectivity index (χ0v) is 19.3. The number of aliphatic carboxylic acids is 1. The van der Waals surface area contributed by atoms with E-state index in [0.29, 0.717) is 12.0 Å². The van der Waals surface area contributed by atoms with Crippen LogP contribution in [0.5, 0.6) is 0 Å². The van der Waals surface area contributed by atoms with Crippen LogP contribution in [0.2, 0.25) is 18.1 Å². The van der Waals surface area contributed by atoms with Crippen LogP contribution < -0.4 is 0 Å². The molecule has 6 heteroatoms. The van der Waals surface area contributed by atoms with Crippen molar-refractivity contribution in [3.8, 4) is 0 Å². The van der Waals surface area contributed by atoms with E-state index in [4.69, 9.17) is 14.3 Å². The van der Waals surface area contributed by atoms with Crippen molar-refractivity contribution < 1.29 is 23.9 Å². The molecule has 0 spiro atoms. The van der Waals surface area contributed by atoms with Crippen LogP contribution in [0, 0.1) is 5.92 Å². The fraction of sp³-hybridized carbons (Fsp3) is 0.636. The molecule has 0 saturated carbocycles. The van der Waals surface area contributed by atoms with Crippen molar-refractivity contribution in [1.82, 2.24) is 0 Å². The van der Waals surface area contributed by atoms with Crippen molar-refractivity contribution in [1.29, 1.82) is 0 Å². The van der Waals surface area contributed by atoms with Crippen LogP contribution in [0.3, 0.4) is 0 Å². The van der Waals surface area contributed by atoms with Gasteiger partial charge in [-0.2, -0.15) is 0 Å². The number of hydrogen-bond acceptors (Lipinski definition) is 4. The summed E-state index contributed by atoms with van der Waals surface area (Å²) < 4.78 is 13.0. The third kappa shape index (κ3) is 7.49. The summed E-state index contributed by atoms with van der Waals surface area (Å²) in [5.74, 6) is -0.819. The van der Waals surface area contributed by atoms with Gasteiger partial charge in [-0.05, 0) is 49.5 Å². The summed E-state index contributed by atoms with van der Waals surface area (Å²) in [6.45, 7) is 15.1. The molecule has 0 aliphatic carbocycles. The average Bonchev–Trinajstić information content (AvgIpc) is 2.56. The molecule has 0 aromatic heterocycles. The Morgan fingerprint density at radius 1 is 1.29 bits per heavy atom. The highest BCUT2D eigenvalue weighted by atomic mass is 28.4. The highest BCUT2D eigenvalue weighted by Crippen LogP contribution is 2.41. The molecule has 0 amide bonds. The number of carbonyl (C=O) groups excluding carboxylic acids is 1. The number of rotatable bonds is 8. The van der Waals surface area contributed by atoms with Crippen LogP contribution in [0.1, 0.15) is 47.5 Å². The van der Waals surface area contributed by atoms with E-state index in [9.17, 15) is 9.59 Å². The molecule has 4 atom stereocenters. The first kappa shape index (κ1) is 24.5. The van der Waals surface area contributed by atoms with Crippen LogP contribution in [0.4, 0.5) is 0 Å². The maximum Gasteiger partial charge on any atom is 0.328 e. The zero-order valence-electron chi connectivity index (χ0n) is 18.3. The van der Waals surface area contributed by atoms with Crippen molar-refractivity contribution in [3.63, 3.8) is 0 Å². The topological polar surface area (TPSA) is 72.8 Å². The van der Waals surface area contributed by atoms with Gasteiger partial charge in [0.15, 0.2) is 8.32 Å². The van der Waals surface area contributed by atoms with Gasteiger partial charge in [-0.15, -0.1) is 0 Å². The molecular weight excluding hydrogens is 372 g/mol. The van der Waals surface area contributed by atoms with E-state index >= 15 is 0 Å². The minimum Gasteiger partial charge on any atom is -0.478 e. The number of carboxylic acid groups (broad SMARTS) is 1. The Kier molecular flexibility index (Phi) is 9.05. The highest BCUT2D eigenvalue weighted by Gasteiger charge is 2.43. The predicted molar refractivity (Wildman–Crippen MR) is 115 cm³/mol. The van der Waals surface area contributed by atoms with Gasteiger partial charge in [0.2, 0.25) is 0 Å². The molecule has 1 fully saturated rings. The fourth-order valence-electron chi connectivity index (χ4n) is 2.89. The summed E-state index contributed by atoms with van der Waals surface area (Å²) in [5.41, 5.74) is 0.656. The summed E-state index contributed by atoms with van der Waals surface area (Å²) in [6.07, 6.45) is 10.3. The Balaban J connectivity index is 2.97. The zero-order chi connectivity index (χ0) is 21.5. The van der Waals surface area contributed by atoms with Crippen molar-refractivity contribution in [3.05, 3.63) is 36.0 Å². The van der Waals surface area contributed by atoms with Gasteiger partial charge >= 0.3 is 5.97 Å². The van der Waals surface area contributed by atoms with Crippen molar-refractivity contribution in [2.24, 2.45) is 5.92 Å². The molecule has 1 saturated heterocycles. The normalized spacial score (nSPS) is 27.5. The van der Waals surface area contributed by atoms with Gasteiger partial charge in [-0.3, -0.25) is 4.79 Å². The lowest BCUT2D eigenvalue weighted by Crippen LogP contribution is -2.51.